The van der Waals surface area contributed by atoms with E-state index in [4.69, 9.17) is 11.6 Å². The maximum Gasteiger partial charge on any atom is 0.265 e. The van der Waals surface area contributed by atoms with Crippen LogP contribution in [0.3, 0.4) is 0 Å². The van der Waals surface area contributed by atoms with Gasteiger partial charge in [-0.3, -0.25) is 4.31 Å². The summed E-state index contributed by atoms with van der Waals surface area (Å²) in [6.45, 7) is 3.70. The lowest BCUT2D eigenvalue weighted by Crippen LogP contribution is -2.27. The molecule has 166 valence electrons. The van der Waals surface area contributed by atoms with Crippen LogP contribution in [0.25, 0.3) is 0 Å². The molecule has 0 aliphatic rings. The largest absolute Gasteiger partial charge is 0.265 e. The second-order valence-corrected chi connectivity index (χ2v) is 10.9. The molecule has 0 saturated heterocycles. The summed E-state index contributed by atoms with van der Waals surface area (Å²) in [7, 11) is -4.03. The molecule has 0 amide bonds. The van der Waals surface area contributed by atoms with Gasteiger partial charge in [0.05, 0.1) is 9.79 Å². The van der Waals surface area contributed by atoms with Crippen molar-refractivity contribution in [3.63, 3.8) is 0 Å². The average Bonchev–Trinajstić information content (AvgIpc) is 2.73. The quantitative estimate of drug-likeness (QED) is 0.559. The number of nitrogens with zero attached hydrogens (tertiary/aromatic N) is 2. The third-order valence-electron chi connectivity index (χ3n) is 4.24. The summed E-state index contributed by atoms with van der Waals surface area (Å²) in [5.74, 6) is 0.286. The van der Waals surface area contributed by atoms with E-state index in [0.717, 1.165) is 15.4 Å². The molecule has 0 aliphatic carbocycles. The first-order valence-corrected chi connectivity index (χ1v) is 12.5. The SMILES string of the molecule is CNS(=O)(=O)c1cccc(C)c1.Cc1cccc(S(=O)(=O)N(C)c2cccc(Cl)n2)c1. The van der Waals surface area contributed by atoms with Crippen LogP contribution < -0.4 is 9.03 Å². The predicted octanol–water partition coefficient (Wildman–Crippen LogP) is 3.77. The zero-order valence-corrected chi connectivity index (χ0v) is 20.0. The maximum atomic E-state index is 12.4. The second-order valence-electron chi connectivity index (χ2n) is 6.63. The molecule has 0 aliphatic heterocycles. The summed E-state index contributed by atoms with van der Waals surface area (Å²) in [6.07, 6.45) is 0. The Morgan fingerprint density at radius 2 is 1.35 bits per heavy atom. The van der Waals surface area contributed by atoms with Gasteiger partial charge in [0.1, 0.15) is 11.0 Å². The Morgan fingerprint density at radius 1 is 0.839 bits per heavy atom. The van der Waals surface area contributed by atoms with Gasteiger partial charge in [0, 0.05) is 7.05 Å². The molecule has 10 heteroatoms. The zero-order valence-electron chi connectivity index (χ0n) is 17.6. The fourth-order valence-electron chi connectivity index (χ4n) is 2.53. The molecule has 31 heavy (non-hydrogen) atoms. The normalized spacial score (nSPS) is 11.4. The number of rotatable bonds is 5. The number of pyridine rings is 1. The lowest BCUT2D eigenvalue weighted by molar-refractivity contribution is 0.587. The van der Waals surface area contributed by atoms with E-state index < -0.39 is 20.0 Å². The maximum absolute atomic E-state index is 12.4. The van der Waals surface area contributed by atoms with Crippen LogP contribution in [-0.4, -0.2) is 35.9 Å². The van der Waals surface area contributed by atoms with Crippen molar-refractivity contribution in [1.29, 1.82) is 0 Å². The highest BCUT2D eigenvalue weighted by molar-refractivity contribution is 7.92. The molecule has 7 nitrogen and oxygen atoms in total. The van der Waals surface area contributed by atoms with Gasteiger partial charge in [-0.25, -0.2) is 26.5 Å². The Kier molecular flexibility index (Phi) is 8.19. The molecule has 0 saturated carbocycles. The molecule has 3 aromatic rings. The topological polar surface area (TPSA) is 96.4 Å². The van der Waals surface area contributed by atoms with Crippen molar-refractivity contribution in [2.75, 3.05) is 18.4 Å². The summed E-state index contributed by atoms with van der Waals surface area (Å²) in [5, 5.41) is 0.254. The summed E-state index contributed by atoms with van der Waals surface area (Å²) in [6, 6.07) is 18.4. The number of hydrogen-bond acceptors (Lipinski definition) is 5. The van der Waals surface area contributed by atoms with Gasteiger partial charge in [-0.1, -0.05) is 41.9 Å². The van der Waals surface area contributed by atoms with Crippen LogP contribution in [0.5, 0.6) is 0 Å². The van der Waals surface area contributed by atoms with Crippen LogP contribution >= 0.6 is 11.6 Å². The fourth-order valence-corrected chi connectivity index (χ4v) is 4.77. The average molecular weight is 482 g/mol. The van der Waals surface area contributed by atoms with Crippen LogP contribution in [0.15, 0.2) is 76.5 Å². The van der Waals surface area contributed by atoms with Crippen molar-refractivity contribution in [3.05, 3.63) is 83.0 Å². The van der Waals surface area contributed by atoms with Gasteiger partial charge in [0.25, 0.3) is 10.0 Å². The Morgan fingerprint density at radius 3 is 1.87 bits per heavy atom. The minimum atomic E-state index is -3.62. The molecule has 1 heterocycles. The smallest absolute Gasteiger partial charge is 0.253 e. The van der Waals surface area contributed by atoms with Crippen LogP contribution in [0, 0.1) is 13.8 Å². The summed E-state index contributed by atoms with van der Waals surface area (Å²) in [4.78, 5) is 4.54. The van der Waals surface area contributed by atoms with Crippen molar-refractivity contribution in [3.8, 4) is 0 Å². The monoisotopic (exact) mass is 481 g/mol. The summed E-state index contributed by atoms with van der Waals surface area (Å²) < 4.78 is 50.7. The van der Waals surface area contributed by atoms with E-state index in [1.54, 1.807) is 54.6 Å². The van der Waals surface area contributed by atoms with E-state index in [1.807, 2.05) is 26.0 Å². The first kappa shape index (κ1) is 24.8. The van der Waals surface area contributed by atoms with Gasteiger partial charge in [0.15, 0.2) is 0 Å². The van der Waals surface area contributed by atoms with Gasteiger partial charge in [0.2, 0.25) is 10.0 Å². The Balaban J connectivity index is 0.000000245. The first-order chi connectivity index (χ1) is 14.5. The molecular formula is C21H24ClN3O4S2. The molecule has 2 aromatic carbocycles. The number of halogens is 1. The minimum Gasteiger partial charge on any atom is -0.253 e. The number of aryl methyl sites for hydroxylation is 2. The van der Waals surface area contributed by atoms with Gasteiger partial charge in [-0.15, -0.1) is 0 Å². The number of benzene rings is 2. The molecule has 0 unspecified atom stereocenters. The van der Waals surface area contributed by atoms with Crippen LogP contribution in [0.1, 0.15) is 11.1 Å². The van der Waals surface area contributed by atoms with Gasteiger partial charge < -0.3 is 0 Å². The van der Waals surface area contributed by atoms with Crippen LogP contribution in [0.2, 0.25) is 5.15 Å². The lowest BCUT2D eigenvalue weighted by atomic mass is 10.2. The molecule has 0 atom stereocenters. The molecule has 1 aromatic heterocycles. The zero-order chi connectivity index (χ0) is 23.2. The molecule has 0 radical (unpaired) electrons. The Hall–Kier alpha value is -2.46. The van der Waals surface area contributed by atoms with E-state index >= 15 is 0 Å². The van der Waals surface area contributed by atoms with Gasteiger partial charge in [-0.05, 0) is 68.4 Å². The number of aromatic nitrogens is 1. The first-order valence-electron chi connectivity index (χ1n) is 9.16. The number of hydrogen-bond donors (Lipinski definition) is 1. The Bertz CT molecular complexity index is 1260. The summed E-state index contributed by atoms with van der Waals surface area (Å²) >= 11 is 5.78. The van der Waals surface area contributed by atoms with E-state index in [9.17, 15) is 16.8 Å². The van der Waals surface area contributed by atoms with E-state index in [0.29, 0.717) is 4.90 Å². The standard InChI is InChI=1S/C13H13ClN2O2S.C8H11NO2S/c1-10-5-3-6-11(9-10)19(17,18)16(2)13-8-4-7-12(14)15-13;1-7-4-3-5-8(6-7)12(10,11)9-2/h3-9H,1-2H3;3-6,9H,1-2H3. The van der Waals surface area contributed by atoms with Crippen molar-refractivity contribution < 1.29 is 16.8 Å². The highest BCUT2D eigenvalue weighted by atomic mass is 35.5. The van der Waals surface area contributed by atoms with E-state index in [2.05, 4.69) is 9.71 Å². The number of sulfonamides is 2. The predicted molar refractivity (Wildman–Crippen MR) is 123 cm³/mol. The third kappa shape index (κ3) is 6.51. The van der Waals surface area contributed by atoms with Crippen molar-refractivity contribution >= 4 is 37.5 Å². The number of nitrogens with one attached hydrogen (secondary N) is 1. The fraction of sp³-hybridized carbons (Fsp3) is 0.190. The molecule has 3 rings (SSSR count). The molecule has 0 spiro atoms. The highest BCUT2D eigenvalue weighted by Gasteiger charge is 2.22. The van der Waals surface area contributed by atoms with Crippen LogP contribution in [0.4, 0.5) is 5.82 Å². The number of anilines is 1. The van der Waals surface area contributed by atoms with Crippen LogP contribution in [-0.2, 0) is 20.0 Å². The highest BCUT2D eigenvalue weighted by Crippen LogP contribution is 2.22. The lowest BCUT2D eigenvalue weighted by Gasteiger charge is -2.18. The molecule has 1 N–H and O–H groups in total. The van der Waals surface area contributed by atoms with Crippen molar-refractivity contribution in [2.24, 2.45) is 0 Å². The van der Waals surface area contributed by atoms with Crippen molar-refractivity contribution in [1.82, 2.24) is 9.71 Å². The Labute approximate surface area is 188 Å². The van der Waals surface area contributed by atoms with Gasteiger partial charge >= 0.3 is 0 Å². The third-order valence-corrected chi connectivity index (χ3v) is 7.62. The van der Waals surface area contributed by atoms with E-state index in [-0.39, 0.29) is 15.9 Å². The van der Waals surface area contributed by atoms with Crippen molar-refractivity contribution in [2.45, 2.75) is 23.6 Å². The van der Waals surface area contributed by atoms with E-state index in [1.165, 1.54) is 14.1 Å². The molecular weight excluding hydrogens is 458 g/mol. The molecule has 0 bridgehead atoms. The minimum absolute atomic E-state index is 0.233. The molecule has 0 fully saturated rings. The van der Waals surface area contributed by atoms with Gasteiger partial charge in [-0.2, -0.15) is 0 Å². The second kappa shape index (κ2) is 10.2. The summed E-state index contributed by atoms with van der Waals surface area (Å²) in [5.41, 5.74) is 1.82.